The summed E-state index contributed by atoms with van der Waals surface area (Å²) in [5.41, 5.74) is 0. The van der Waals surface area contributed by atoms with Crippen LogP contribution in [0.25, 0.3) is 0 Å². The molecule has 0 aromatic heterocycles. The van der Waals surface area contributed by atoms with Gasteiger partial charge in [-0.2, -0.15) is 0 Å². The zero-order valence-electron chi connectivity index (χ0n) is 11.2. The Kier molecular flexibility index (Phi) is 10.2. The summed E-state index contributed by atoms with van der Waals surface area (Å²) in [6.45, 7) is 2.16. The van der Waals surface area contributed by atoms with Crippen molar-refractivity contribution in [3.63, 3.8) is 0 Å². The highest BCUT2D eigenvalue weighted by molar-refractivity contribution is 5.75. The van der Waals surface area contributed by atoms with Crippen LogP contribution in [0.5, 0.6) is 0 Å². The lowest BCUT2D eigenvalue weighted by Crippen LogP contribution is -2.20. The Morgan fingerprint density at radius 3 is 2.25 bits per heavy atom. The molecule has 0 aliphatic carbocycles. The van der Waals surface area contributed by atoms with Gasteiger partial charge in [-0.3, -0.25) is 4.79 Å². The van der Waals surface area contributed by atoms with Crippen LogP contribution in [0.15, 0.2) is 12.2 Å². The minimum Gasteiger partial charge on any atom is -0.349 e. The lowest BCUT2D eigenvalue weighted by molar-refractivity contribution is -0.128. The van der Waals surface area contributed by atoms with E-state index in [0.717, 1.165) is 12.8 Å². The number of hydrogen-bond donors (Lipinski definition) is 0. The largest absolute Gasteiger partial charge is 0.349 e. The van der Waals surface area contributed by atoms with Crippen molar-refractivity contribution in [3.8, 4) is 0 Å². The zero-order chi connectivity index (χ0) is 12.2. The van der Waals surface area contributed by atoms with Crippen molar-refractivity contribution < 1.29 is 4.79 Å². The maximum atomic E-state index is 11.3. The fourth-order valence-electron chi connectivity index (χ4n) is 1.58. The lowest BCUT2D eigenvalue weighted by atomic mass is 10.1. The summed E-state index contributed by atoms with van der Waals surface area (Å²) in [6.07, 6.45) is 13.7. The van der Waals surface area contributed by atoms with E-state index in [-0.39, 0.29) is 5.91 Å². The Labute approximate surface area is 101 Å². The molecule has 0 atom stereocenters. The quantitative estimate of drug-likeness (QED) is 0.432. The lowest BCUT2D eigenvalue weighted by Gasteiger charge is -2.09. The molecule has 94 valence electrons. The fourth-order valence-corrected chi connectivity index (χ4v) is 1.58. The number of carbonyl (C=O) groups is 1. The van der Waals surface area contributed by atoms with E-state index in [0.29, 0.717) is 6.42 Å². The maximum absolute atomic E-state index is 11.3. The molecule has 0 spiro atoms. The van der Waals surface area contributed by atoms with E-state index in [4.69, 9.17) is 0 Å². The topological polar surface area (TPSA) is 20.3 Å². The van der Waals surface area contributed by atoms with E-state index in [2.05, 4.69) is 19.1 Å². The highest BCUT2D eigenvalue weighted by Gasteiger charge is 2.02. The second kappa shape index (κ2) is 10.7. The van der Waals surface area contributed by atoms with E-state index in [1.165, 1.54) is 32.1 Å². The van der Waals surface area contributed by atoms with Crippen LogP contribution in [0.1, 0.15) is 58.3 Å². The first-order chi connectivity index (χ1) is 7.68. The van der Waals surface area contributed by atoms with Crippen LogP contribution in [0.4, 0.5) is 0 Å². The highest BCUT2D eigenvalue weighted by Crippen LogP contribution is 2.08. The van der Waals surface area contributed by atoms with Crippen LogP contribution in [0.3, 0.4) is 0 Å². The molecule has 0 unspecified atom stereocenters. The third-order valence-corrected chi connectivity index (χ3v) is 2.66. The molecular formula is C14H27NO. The van der Waals surface area contributed by atoms with Gasteiger partial charge in [0.2, 0.25) is 5.91 Å². The predicted molar refractivity (Wildman–Crippen MR) is 70.4 cm³/mol. The standard InChI is InChI=1S/C14H27NO/c1-4-5-6-7-8-9-10-11-12-13-14(16)15(2)3/h5-6H,4,7-13H2,1-3H3. The van der Waals surface area contributed by atoms with Gasteiger partial charge in [-0.05, 0) is 25.7 Å². The summed E-state index contributed by atoms with van der Waals surface area (Å²) in [4.78, 5) is 12.9. The van der Waals surface area contributed by atoms with E-state index >= 15 is 0 Å². The normalized spacial score (nSPS) is 10.9. The second-order valence-corrected chi connectivity index (χ2v) is 4.47. The molecule has 0 saturated carbocycles. The molecular weight excluding hydrogens is 198 g/mol. The summed E-state index contributed by atoms with van der Waals surface area (Å²) in [5.74, 6) is 0.255. The van der Waals surface area contributed by atoms with Gasteiger partial charge >= 0.3 is 0 Å². The smallest absolute Gasteiger partial charge is 0.222 e. The minimum atomic E-state index is 0.255. The number of nitrogens with zero attached hydrogens (tertiary/aromatic N) is 1. The molecule has 0 N–H and O–H groups in total. The third kappa shape index (κ3) is 9.75. The number of allylic oxidation sites excluding steroid dienone is 2. The van der Waals surface area contributed by atoms with Crippen molar-refractivity contribution in [2.45, 2.75) is 58.3 Å². The van der Waals surface area contributed by atoms with Gasteiger partial charge < -0.3 is 4.90 Å². The molecule has 0 heterocycles. The number of amides is 1. The summed E-state index contributed by atoms with van der Waals surface area (Å²) in [7, 11) is 3.64. The molecule has 0 rings (SSSR count). The van der Waals surface area contributed by atoms with E-state index in [9.17, 15) is 4.79 Å². The third-order valence-electron chi connectivity index (χ3n) is 2.66. The number of unbranched alkanes of at least 4 members (excludes halogenated alkanes) is 5. The van der Waals surface area contributed by atoms with E-state index < -0.39 is 0 Å². The van der Waals surface area contributed by atoms with Gasteiger partial charge in [0.1, 0.15) is 0 Å². The van der Waals surface area contributed by atoms with Crippen molar-refractivity contribution in [2.24, 2.45) is 0 Å². The summed E-state index contributed by atoms with van der Waals surface area (Å²) < 4.78 is 0. The maximum Gasteiger partial charge on any atom is 0.222 e. The fraction of sp³-hybridized carbons (Fsp3) is 0.786. The SMILES string of the molecule is CCC=CCCCCCCCC(=O)N(C)C. The molecule has 16 heavy (non-hydrogen) atoms. The molecule has 2 nitrogen and oxygen atoms in total. The van der Waals surface area contributed by atoms with E-state index in [1.54, 1.807) is 4.90 Å². The first-order valence-electron chi connectivity index (χ1n) is 6.53. The van der Waals surface area contributed by atoms with Crippen molar-refractivity contribution in [1.82, 2.24) is 4.90 Å². The van der Waals surface area contributed by atoms with Gasteiger partial charge in [0.15, 0.2) is 0 Å². The molecule has 0 aliphatic rings. The average Bonchev–Trinajstić information content (AvgIpc) is 2.26. The van der Waals surface area contributed by atoms with Gasteiger partial charge in [-0.25, -0.2) is 0 Å². The Hall–Kier alpha value is -0.790. The predicted octanol–water partition coefficient (Wildman–Crippen LogP) is 3.77. The van der Waals surface area contributed by atoms with Gasteiger partial charge in [0.05, 0.1) is 0 Å². The number of rotatable bonds is 9. The summed E-state index contributed by atoms with van der Waals surface area (Å²) in [6, 6.07) is 0. The van der Waals surface area contributed by atoms with Crippen LogP contribution >= 0.6 is 0 Å². The first-order valence-corrected chi connectivity index (χ1v) is 6.53. The van der Waals surface area contributed by atoms with Crippen molar-refractivity contribution in [3.05, 3.63) is 12.2 Å². The molecule has 0 aromatic carbocycles. The van der Waals surface area contributed by atoms with Crippen molar-refractivity contribution >= 4 is 5.91 Å². The molecule has 0 fully saturated rings. The van der Waals surface area contributed by atoms with Crippen LogP contribution in [0.2, 0.25) is 0 Å². The van der Waals surface area contributed by atoms with Gasteiger partial charge in [0.25, 0.3) is 0 Å². The Bertz CT molecular complexity index is 197. The zero-order valence-corrected chi connectivity index (χ0v) is 11.2. The summed E-state index contributed by atoms with van der Waals surface area (Å²) in [5, 5.41) is 0. The number of carbonyl (C=O) groups excluding carboxylic acids is 1. The molecule has 0 radical (unpaired) electrons. The minimum absolute atomic E-state index is 0.255. The molecule has 0 aliphatic heterocycles. The molecule has 0 saturated heterocycles. The molecule has 0 aromatic rings. The monoisotopic (exact) mass is 225 g/mol. The summed E-state index contributed by atoms with van der Waals surface area (Å²) >= 11 is 0. The Balaban J connectivity index is 3.16. The van der Waals surface area contributed by atoms with Gasteiger partial charge in [-0.1, -0.05) is 38.3 Å². The van der Waals surface area contributed by atoms with E-state index in [1.807, 2.05) is 14.1 Å². The van der Waals surface area contributed by atoms with Gasteiger partial charge in [0, 0.05) is 20.5 Å². The first kappa shape index (κ1) is 15.2. The Morgan fingerprint density at radius 2 is 1.62 bits per heavy atom. The average molecular weight is 225 g/mol. The van der Waals surface area contributed by atoms with Crippen LogP contribution in [0, 0.1) is 0 Å². The van der Waals surface area contributed by atoms with Crippen molar-refractivity contribution in [1.29, 1.82) is 0 Å². The number of hydrogen-bond acceptors (Lipinski definition) is 1. The van der Waals surface area contributed by atoms with Crippen LogP contribution < -0.4 is 0 Å². The van der Waals surface area contributed by atoms with Crippen LogP contribution in [-0.4, -0.2) is 24.9 Å². The Morgan fingerprint density at radius 1 is 1.00 bits per heavy atom. The van der Waals surface area contributed by atoms with Crippen molar-refractivity contribution in [2.75, 3.05) is 14.1 Å². The molecule has 2 heteroatoms. The second-order valence-electron chi connectivity index (χ2n) is 4.47. The highest BCUT2D eigenvalue weighted by atomic mass is 16.2. The van der Waals surface area contributed by atoms with Gasteiger partial charge in [-0.15, -0.1) is 0 Å². The molecule has 1 amide bonds. The molecule has 0 bridgehead atoms. The van der Waals surface area contributed by atoms with Crippen LogP contribution in [-0.2, 0) is 4.79 Å².